The zero-order valence-electron chi connectivity index (χ0n) is 13.9. The maximum absolute atomic E-state index is 5.86. The second kappa shape index (κ2) is 6.38. The summed E-state index contributed by atoms with van der Waals surface area (Å²) in [6.07, 6.45) is 1.59. The summed E-state index contributed by atoms with van der Waals surface area (Å²) in [7, 11) is 2.04. The van der Waals surface area contributed by atoms with E-state index < -0.39 is 0 Å². The van der Waals surface area contributed by atoms with Gasteiger partial charge in [0.2, 0.25) is 5.89 Å². The Hall–Kier alpha value is -2.40. The third kappa shape index (κ3) is 3.35. The zero-order valence-corrected chi connectivity index (χ0v) is 13.9. The number of aromatic nitrogens is 2. The molecule has 2 heterocycles. The fraction of sp³-hybridized carbons (Fsp3) is 0.333. The van der Waals surface area contributed by atoms with Crippen molar-refractivity contribution in [2.45, 2.75) is 33.4 Å². The van der Waals surface area contributed by atoms with E-state index in [1.807, 2.05) is 32.2 Å². The molecule has 0 aliphatic carbocycles. The first-order valence-electron chi connectivity index (χ1n) is 7.68. The molecule has 0 aliphatic rings. The Kier molecular flexibility index (Phi) is 4.30. The molecular weight excluding hydrogens is 290 g/mol. The summed E-state index contributed by atoms with van der Waals surface area (Å²) >= 11 is 0. The molecule has 0 radical (unpaired) electrons. The third-order valence-electron chi connectivity index (χ3n) is 4.10. The second-order valence-electron chi connectivity index (χ2n) is 5.91. The van der Waals surface area contributed by atoms with Crippen molar-refractivity contribution in [1.82, 2.24) is 15.0 Å². The lowest BCUT2D eigenvalue weighted by Crippen LogP contribution is -2.22. The van der Waals surface area contributed by atoms with Crippen LogP contribution in [0, 0.1) is 13.8 Å². The molecular formula is C18H21N3O2. The van der Waals surface area contributed by atoms with Gasteiger partial charge in [-0.25, -0.2) is 4.98 Å². The molecule has 1 atom stereocenters. The normalized spacial score (nSPS) is 12.7. The van der Waals surface area contributed by atoms with Gasteiger partial charge in [-0.2, -0.15) is 0 Å². The Morgan fingerprint density at radius 1 is 1.22 bits per heavy atom. The van der Waals surface area contributed by atoms with E-state index >= 15 is 0 Å². The number of hydrogen-bond acceptors (Lipinski definition) is 5. The van der Waals surface area contributed by atoms with E-state index in [1.165, 1.54) is 5.56 Å². The molecule has 0 spiro atoms. The lowest BCUT2D eigenvalue weighted by atomic mass is 10.1. The van der Waals surface area contributed by atoms with Crippen molar-refractivity contribution in [2.75, 3.05) is 7.05 Å². The zero-order chi connectivity index (χ0) is 16.4. The SMILES string of the molecule is Cc1cccc(-c2nc(CN(C)[C@H](C)c3ccon3)c(C)o2)c1. The van der Waals surface area contributed by atoms with E-state index in [-0.39, 0.29) is 6.04 Å². The molecule has 3 rings (SSSR count). The maximum Gasteiger partial charge on any atom is 0.226 e. The summed E-state index contributed by atoms with van der Waals surface area (Å²) in [4.78, 5) is 6.84. The Morgan fingerprint density at radius 2 is 2.04 bits per heavy atom. The molecule has 3 aromatic rings. The van der Waals surface area contributed by atoms with Crippen LogP contribution in [0.15, 0.2) is 45.5 Å². The summed E-state index contributed by atoms with van der Waals surface area (Å²) in [6.45, 7) is 6.80. The van der Waals surface area contributed by atoms with Crippen molar-refractivity contribution >= 4 is 0 Å². The van der Waals surface area contributed by atoms with Crippen LogP contribution in [0.3, 0.4) is 0 Å². The topological polar surface area (TPSA) is 55.3 Å². The molecule has 120 valence electrons. The molecule has 23 heavy (non-hydrogen) atoms. The van der Waals surface area contributed by atoms with Crippen molar-refractivity contribution in [3.05, 3.63) is 59.3 Å². The summed E-state index contributed by atoms with van der Waals surface area (Å²) in [6, 6.07) is 10.2. The molecule has 1 aromatic carbocycles. The average molecular weight is 311 g/mol. The van der Waals surface area contributed by atoms with E-state index in [0.717, 1.165) is 22.7 Å². The second-order valence-corrected chi connectivity index (χ2v) is 5.91. The van der Waals surface area contributed by atoms with Crippen LogP contribution >= 0.6 is 0 Å². The molecule has 0 fully saturated rings. The molecule has 0 aliphatic heterocycles. The molecule has 5 heteroatoms. The Balaban J connectivity index is 1.79. The number of oxazole rings is 1. The van der Waals surface area contributed by atoms with Crippen LogP contribution in [0.5, 0.6) is 0 Å². The van der Waals surface area contributed by atoms with Crippen LogP contribution in [0.4, 0.5) is 0 Å². The van der Waals surface area contributed by atoms with Gasteiger partial charge in [-0.3, -0.25) is 4.90 Å². The van der Waals surface area contributed by atoms with Crippen LogP contribution in [-0.2, 0) is 6.54 Å². The number of aryl methyl sites for hydroxylation is 2. The van der Waals surface area contributed by atoms with Crippen LogP contribution < -0.4 is 0 Å². The minimum absolute atomic E-state index is 0.146. The highest BCUT2D eigenvalue weighted by Gasteiger charge is 2.18. The minimum Gasteiger partial charge on any atom is -0.441 e. The van der Waals surface area contributed by atoms with Crippen molar-refractivity contribution in [1.29, 1.82) is 0 Å². The smallest absolute Gasteiger partial charge is 0.226 e. The molecule has 0 saturated heterocycles. The molecule has 0 N–H and O–H groups in total. The minimum atomic E-state index is 0.146. The number of hydrogen-bond donors (Lipinski definition) is 0. The standard InChI is InChI=1S/C18H21N3O2/c1-12-6-5-7-15(10-12)18-19-17(14(3)23-18)11-21(4)13(2)16-8-9-22-20-16/h5-10,13H,11H2,1-4H3/t13-/m1/s1. The first kappa shape index (κ1) is 15.5. The van der Waals surface area contributed by atoms with Crippen molar-refractivity contribution in [3.63, 3.8) is 0 Å². The van der Waals surface area contributed by atoms with Gasteiger partial charge in [0.05, 0.1) is 11.7 Å². The molecule has 0 bridgehead atoms. The van der Waals surface area contributed by atoms with E-state index in [2.05, 4.69) is 41.0 Å². The predicted octanol–water partition coefficient (Wildman–Crippen LogP) is 4.14. The molecule has 2 aromatic heterocycles. The molecule has 0 unspecified atom stereocenters. The van der Waals surface area contributed by atoms with Gasteiger partial charge in [0.1, 0.15) is 17.7 Å². The first-order valence-corrected chi connectivity index (χ1v) is 7.68. The summed E-state index contributed by atoms with van der Waals surface area (Å²) in [5.74, 6) is 1.52. The van der Waals surface area contributed by atoms with Crippen molar-refractivity contribution in [2.24, 2.45) is 0 Å². The summed E-state index contributed by atoms with van der Waals surface area (Å²) < 4.78 is 10.8. The summed E-state index contributed by atoms with van der Waals surface area (Å²) in [5.41, 5.74) is 4.05. The fourth-order valence-corrected chi connectivity index (χ4v) is 2.51. The predicted molar refractivity (Wildman–Crippen MR) is 87.8 cm³/mol. The maximum atomic E-state index is 5.86. The number of nitrogens with zero attached hydrogens (tertiary/aromatic N) is 3. The highest BCUT2D eigenvalue weighted by Crippen LogP contribution is 2.25. The number of benzene rings is 1. The molecule has 0 saturated carbocycles. The van der Waals surface area contributed by atoms with Crippen LogP contribution in [0.25, 0.3) is 11.5 Å². The highest BCUT2D eigenvalue weighted by atomic mass is 16.5. The molecule has 0 amide bonds. The van der Waals surface area contributed by atoms with Crippen molar-refractivity contribution in [3.8, 4) is 11.5 Å². The van der Waals surface area contributed by atoms with E-state index in [4.69, 9.17) is 8.94 Å². The Labute approximate surface area is 135 Å². The lowest BCUT2D eigenvalue weighted by Gasteiger charge is -2.21. The molecule has 5 nitrogen and oxygen atoms in total. The van der Waals surface area contributed by atoms with Gasteiger partial charge in [0, 0.05) is 18.2 Å². The number of rotatable bonds is 5. The van der Waals surface area contributed by atoms with E-state index in [0.29, 0.717) is 12.4 Å². The van der Waals surface area contributed by atoms with Gasteiger partial charge in [-0.05, 0) is 40.0 Å². The largest absolute Gasteiger partial charge is 0.441 e. The monoisotopic (exact) mass is 311 g/mol. The van der Waals surface area contributed by atoms with Crippen LogP contribution in [-0.4, -0.2) is 22.1 Å². The summed E-state index contributed by atoms with van der Waals surface area (Å²) in [5, 5.41) is 4.00. The van der Waals surface area contributed by atoms with Gasteiger partial charge >= 0.3 is 0 Å². The Bertz CT molecular complexity index is 777. The highest BCUT2D eigenvalue weighted by molar-refractivity contribution is 5.54. The lowest BCUT2D eigenvalue weighted by molar-refractivity contribution is 0.237. The first-order chi connectivity index (χ1) is 11.0. The van der Waals surface area contributed by atoms with Gasteiger partial charge in [0.25, 0.3) is 0 Å². The van der Waals surface area contributed by atoms with Crippen LogP contribution in [0.2, 0.25) is 0 Å². The van der Waals surface area contributed by atoms with Gasteiger partial charge in [-0.1, -0.05) is 22.9 Å². The van der Waals surface area contributed by atoms with Gasteiger partial charge in [0.15, 0.2) is 0 Å². The average Bonchev–Trinajstić information content (AvgIpc) is 3.17. The fourth-order valence-electron chi connectivity index (χ4n) is 2.51. The van der Waals surface area contributed by atoms with Gasteiger partial charge in [-0.15, -0.1) is 0 Å². The van der Waals surface area contributed by atoms with Crippen molar-refractivity contribution < 1.29 is 8.94 Å². The van der Waals surface area contributed by atoms with Crippen LogP contribution in [0.1, 0.15) is 35.7 Å². The third-order valence-corrected chi connectivity index (χ3v) is 4.10. The Morgan fingerprint density at radius 3 is 2.74 bits per heavy atom. The van der Waals surface area contributed by atoms with E-state index in [9.17, 15) is 0 Å². The quantitative estimate of drug-likeness (QED) is 0.709. The van der Waals surface area contributed by atoms with Gasteiger partial charge < -0.3 is 8.94 Å². The van der Waals surface area contributed by atoms with E-state index in [1.54, 1.807) is 6.26 Å².